The molecular formula is C15H26ClN2O7P. The van der Waals surface area contributed by atoms with Crippen LogP contribution in [0.4, 0.5) is 0 Å². The van der Waals surface area contributed by atoms with E-state index < -0.39 is 7.60 Å². The van der Waals surface area contributed by atoms with Crippen molar-refractivity contribution >= 4 is 19.2 Å². The molecule has 0 aliphatic rings. The zero-order valence-electron chi connectivity index (χ0n) is 15.5. The third-order valence-corrected chi connectivity index (χ3v) is 5.04. The number of hydrogen-bond donors (Lipinski definition) is 0. The number of methoxy groups -OCH3 is 2. The van der Waals surface area contributed by atoms with E-state index in [0.29, 0.717) is 29.4 Å². The van der Waals surface area contributed by atoms with Crippen LogP contribution in [-0.2, 0) is 30.1 Å². The van der Waals surface area contributed by atoms with Gasteiger partial charge in [-0.1, -0.05) is 18.0 Å². The van der Waals surface area contributed by atoms with Gasteiger partial charge in [0.15, 0.2) is 0 Å². The highest BCUT2D eigenvalue weighted by molar-refractivity contribution is 7.53. The minimum atomic E-state index is -3.44. The lowest BCUT2D eigenvalue weighted by Crippen LogP contribution is -2.04. The van der Waals surface area contributed by atoms with E-state index in [1.54, 1.807) is 13.8 Å². The summed E-state index contributed by atoms with van der Waals surface area (Å²) in [6.07, 6.45) is 2.88. The van der Waals surface area contributed by atoms with E-state index in [4.69, 9.17) is 40.2 Å². The Morgan fingerprint density at radius 2 is 1.62 bits per heavy atom. The smallest absolute Gasteiger partial charge is 0.384 e. The molecule has 1 rings (SSSR count). The van der Waals surface area contributed by atoms with Crippen LogP contribution >= 0.6 is 19.2 Å². The second-order valence-corrected chi connectivity index (χ2v) is 7.42. The van der Waals surface area contributed by atoms with E-state index in [1.165, 1.54) is 14.2 Å². The summed E-state index contributed by atoms with van der Waals surface area (Å²) in [7, 11) is -0.472. The normalized spacial score (nSPS) is 11.6. The van der Waals surface area contributed by atoms with Crippen LogP contribution in [0.25, 0.3) is 0 Å². The second-order valence-electron chi connectivity index (χ2n) is 5.10. The SMILES string of the molecule is CCOOP(=O)(CCCCCc1c(Cl)nc(OC)nc1OC)OOCC. The largest absolute Gasteiger partial charge is 0.481 e. The van der Waals surface area contributed by atoms with Gasteiger partial charge >= 0.3 is 13.6 Å². The molecule has 26 heavy (non-hydrogen) atoms. The maximum absolute atomic E-state index is 12.4. The van der Waals surface area contributed by atoms with Crippen LogP contribution in [0.5, 0.6) is 11.9 Å². The first-order valence-corrected chi connectivity index (χ1v) is 10.5. The molecule has 0 amide bonds. The van der Waals surface area contributed by atoms with Gasteiger partial charge in [-0.3, -0.25) is 4.57 Å². The fourth-order valence-corrected chi connectivity index (χ4v) is 3.59. The van der Waals surface area contributed by atoms with E-state index in [-0.39, 0.29) is 25.4 Å². The third-order valence-electron chi connectivity index (χ3n) is 3.20. The maximum Gasteiger partial charge on any atom is 0.384 e. The summed E-state index contributed by atoms with van der Waals surface area (Å²) in [5.41, 5.74) is 0.703. The number of ether oxygens (including phenoxy) is 2. The molecule has 0 saturated heterocycles. The van der Waals surface area contributed by atoms with Crippen LogP contribution in [0.15, 0.2) is 0 Å². The lowest BCUT2D eigenvalue weighted by molar-refractivity contribution is -0.263. The molecule has 0 saturated carbocycles. The van der Waals surface area contributed by atoms with Crippen molar-refractivity contribution in [1.82, 2.24) is 9.97 Å². The predicted octanol–water partition coefficient (Wildman–Crippen LogP) is 3.99. The first kappa shape index (κ1) is 23.1. The van der Waals surface area contributed by atoms with Crippen molar-refractivity contribution in [2.75, 3.05) is 33.6 Å². The molecule has 0 N–H and O–H groups in total. The molecular weight excluding hydrogens is 387 g/mol. The summed E-state index contributed by atoms with van der Waals surface area (Å²) in [6, 6.07) is 0.151. The Kier molecular flexibility index (Phi) is 11.0. The van der Waals surface area contributed by atoms with Crippen molar-refractivity contribution in [2.45, 2.75) is 39.5 Å². The average Bonchev–Trinajstić information content (AvgIpc) is 2.65. The van der Waals surface area contributed by atoms with E-state index in [0.717, 1.165) is 12.8 Å². The zero-order valence-corrected chi connectivity index (χ0v) is 17.2. The number of nitrogens with zero attached hydrogens (tertiary/aromatic N) is 2. The van der Waals surface area contributed by atoms with Crippen molar-refractivity contribution < 1.29 is 33.2 Å². The molecule has 0 radical (unpaired) electrons. The highest BCUT2D eigenvalue weighted by Crippen LogP contribution is 2.49. The van der Waals surface area contributed by atoms with E-state index in [2.05, 4.69) is 9.97 Å². The van der Waals surface area contributed by atoms with E-state index in [9.17, 15) is 4.57 Å². The van der Waals surface area contributed by atoms with Crippen LogP contribution in [0.1, 0.15) is 38.7 Å². The van der Waals surface area contributed by atoms with Crippen LogP contribution < -0.4 is 9.47 Å². The topological polar surface area (TPSA) is 98.2 Å². The second kappa shape index (κ2) is 12.4. The molecule has 11 heteroatoms. The van der Waals surface area contributed by atoms with Crippen molar-refractivity contribution in [2.24, 2.45) is 0 Å². The number of hydrogen-bond acceptors (Lipinski definition) is 9. The Morgan fingerprint density at radius 3 is 2.15 bits per heavy atom. The Hall–Kier alpha value is -0.960. The summed E-state index contributed by atoms with van der Waals surface area (Å²) in [5, 5.41) is 0.290. The Morgan fingerprint density at radius 1 is 0.962 bits per heavy atom. The van der Waals surface area contributed by atoms with Gasteiger partial charge in [-0.15, -0.1) is 9.35 Å². The minimum absolute atomic E-state index is 0.151. The molecule has 0 aromatic carbocycles. The predicted molar refractivity (Wildman–Crippen MR) is 95.6 cm³/mol. The lowest BCUT2D eigenvalue weighted by Gasteiger charge is -2.15. The fourth-order valence-electron chi connectivity index (χ4n) is 2.03. The van der Waals surface area contributed by atoms with Crippen LogP contribution in [0.3, 0.4) is 0 Å². The molecule has 1 aromatic rings. The average molecular weight is 413 g/mol. The van der Waals surface area contributed by atoms with Gasteiger partial charge in [-0.05, 0) is 33.1 Å². The first-order chi connectivity index (χ1) is 12.5. The number of unbranched alkanes of at least 4 members (excludes halogenated alkanes) is 2. The van der Waals surface area contributed by atoms with E-state index in [1.807, 2.05) is 0 Å². The number of halogens is 1. The molecule has 1 aromatic heterocycles. The minimum Gasteiger partial charge on any atom is -0.481 e. The summed E-state index contributed by atoms with van der Waals surface area (Å²) in [4.78, 5) is 17.7. The Balaban J connectivity index is 2.51. The number of rotatable bonds is 14. The van der Waals surface area contributed by atoms with Gasteiger partial charge in [-0.2, -0.15) is 9.97 Å². The molecule has 150 valence electrons. The fraction of sp³-hybridized carbons (Fsp3) is 0.733. The Bertz CT molecular complexity index is 579. The molecule has 0 fully saturated rings. The van der Waals surface area contributed by atoms with Crippen LogP contribution in [0, 0.1) is 0 Å². The quantitative estimate of drug-likeness (QED) is 0.148. The van der Waals surface area contributed by atoms with Crippen molar-refractivity contribution in [3.63, 3.8) is 0 Å². The van der Waals surface area contributed by atoms with Crippen molar-refractivity contribution in [3.8, 4) is 11.9 Å². The molecule has 0 aliphatic heterocycles. The van der Waals surface area contributed by atoms with Crippen LogP contribution in [-0.4, -0.2) is 43.6 Å². The molecule has 0 spiro atoms. The summed E-state index contributed by atoms with van der Waals surface area (Å²) >= 11 is 6.16. The maximum atomic E-state index is 12.4. The summed E-state index contributed by atoms with van der Waals surface area (Å²) in [6.45, 7) is 3.96. The van der Waals surface area contributed by atoms with Gasteiger partial charge in [0, 0.05) is 0 Å². The highest BCUT2D eigenvalue weighted by atomic mass is 35.5. The van der Waals surface area contributed by atoms with Gasteiger partial charge in [0.1, 0.15) is 5.15 Å². The van der Waals surface area contributed by atoms with Gasteiger partial charge < -0.3 is 9.47 Å². The summed E-state index contributed by atoms with van der Waals surface area (Å²) in [5.74, 6) is 0.381. The Labute approximate surface area is 158 Å². The van der Waals surface area contributed by atoms with E-state index >= 15 is 0 Å². The lowest BCUT2D eigenvalue weighted by atomic mass is 10.1. The standard InChI is InChI=1S/C15H26ClN2O7P/c1-5-22-24-26(19,25-23-6-2)11-9-7-8-10-12-13(16)17-15(21-4)18-14(12)20-3/h5-11H2,1-4H3. The molecule has 9 nitrogen and oxygen atoms in total. The van der Waals surface area contributed by atoms with Crippen molar-refractivity contribution in [3.05, 3.63) is 10.7 Å². The molecule has 0 unspecified atom stereocenters. The monoisotopic (exact) mass is 412 g/mol. The molecule has 1 heterocycles. The first-order valence-electron chi connectivity index (χ1n) is 8.35. The van der Waals surface area contributed by atoms with Gasteiger partial charge in [0.2, 0.25) is 5.88 Å². The van der Waals surface area contributed by atoms with Gasteiger partial charge in [0.25, 0.3) is 0 Å². The molecule has 0 bridgehead atoms. The zero-order chi connectivity index (χ0) is 19.4. The molecule has 0 aliphatic carbocycles. The van der Waals surface area contributed by atoms with Crippen LogP contribution in [0.2, 0.25) is 5.15 Å². The third kappa shape index (κ3) is 7.73. The van der Waals surface area contributed by atoms with Gasteiger partial charge in [0.05, 0.1) is 39.2 Å². The summed E-state index contributed by atoms with van der Waals surface area (Å²) < 4.78 is 32.3. The van der Waals surface area contributed by atoms with Gasteiger partial charge in [-0.25, -0.2) is 9.78 Å². The van der Waals surface area contributed by atoms with Crippen molar-refractivity contribution in [1.29, 1.82) is 0 Å². The molecule has 0 atom stereocenters. The highest BCUT2D eigenvalue weighted by Gasteiger charge is 2.27. The number of aromatic nitrogens is 2.